The molecule has 1 fully saturated rings. The fraction of sp³-hybridized carbons (Fsp3) is 0.588. The lowest BCUT2D eigenvalue weighted by molar-refractivity contribution is -0.147. The molecular weight excluding hydrogens is 264 g/mol. The van der Waals surface area contributed by atoms with Crippen molar-refractivity contribution in [3.05, 3.63) is 29.8 Å². The average molecular weight is 290 g/mol. The summed E-state index contributed by atoms with van der Waals surface area (Å²) < 4.78 is 4.85. The Morgan fingerprint density at radius 2 is 1.86 bits per heavy atom. The minimum Gasteiger partial charge on any atom is -0.469 e. The number of hydrogen-bond donors (Lipinski definition) is 0. The lowest BCUT2D eigenvalue weighted by Gasteiger charge is -2.40. The van der Waals surface area contributed by atoms with E-state index in [0.29, 0.717) is 0 Å². The second-order valence-corrected chi connectivity index (χ2v) is 5.91. The summed E-state index contributed by atoms with van der Waals surface area (Å²) in [6, 6.07) is 8.86. The van der Waals surface area contributed by atoms with Crippen molar-refractivity contribution in [3.63, 3.8) is 0 Å². The molecule has 116 valence electrons. The van der Waals surface area contributed by atoms with Crippen LogP contribution in [0, 0.1) is 12.8 Å². The van der Waals surface area contributed by atoms with E-state index in [1.807, 2.05) is 6.92 Å². The summed E-state index contributed by atoms with van der Waals surface area (Å²) in [5, 5.41) is 0. The van der Waals surface area contributed by atoms with E-state index in [0.717, 1.165) is 26.2 Å². The SMILES string of the molecule is COC(=O)C(C)C(C)N1CCN(c2cccc(C)c2)CC1. The second kappa shape index (κ2) is 6.94. The van der Waals surface area contributed by atoms with Crippen LogP contribution in [0.4, 0.5) is 5.69 Å². The molecule has 2 unspecified atom stereocenters. The number of aryl methyl sites for hydroxylation is 1. The Morgan fingerprint density at radius 3 is 2.43 bits per heavy atom. The number of benzene rings is 1. The number of methoxy groups -OCH3 is 1. The number of anilines is 1. The van der Waals surface area contributed by atoms with Crippen LogP contribution >= 0.6 is 0 Å². The molecule has 4 nitrogen and oxygen atoms in total. The van der Waals surface area contributed by atoms with E-state index in [1.54, 1.807) is 0 Å². The highest BCUT2D eigenvalue weighted by atomic mass is 16.5. The van der Waals surface area contributed by atoms with E-state index in [-0.39, 0.29) is 17.9 Å². The van der Waals surface area contributed by atoms with Crippen LogP contribution in [0.2, 0.25) is 0 Å². The van der Waals surface area contributed by atoms with E-state index >= 15 is 0 Å². The highest BCUT2D eigenvalue weighted by molar-refractivity contribution is 5.72. The smallest absolute Gasteiger partial charge is 0.309 e. The number of hydrogen-bond acceptors (Lipinski definition) is 4. The summed E-state index contributed by atoms with van der Waals surface area (Å²) in [6.45, 7) is 10.2. The Bertz CT molecular complexity index is 481. The lowest BCUT2D eigenvalue weighted by atomic mass is 10.0. The van der Waals surface area contributed by atoms with Crippen molar-refractivity contribution in [1.82, 2.24) is 4.90 Å². The number of esters is 1. The van der Waals surface area contributed by atoms with E-state index in [2.05, 4.69) is 47.9 Å². The summed E-state index contributed by atoms with van der Waals surface area (Å²) in [7, 11) is 1.46. The van der Waals surface area contributed by atoms with Gasteiger partial charge in [0, 0.05) is 37.9 Å². The molecule has 1 aliphatic heterocycles. The predicted molar refractivity (Wildman–Crippen MR) is 85.6 cm³/mol. The van der Waals surface area contributed by atoms with Gasteiger partial charge in [-0.25, -0.2) is 0 Å². The van der Waals surface area contributed by atoms with Crippen molar-refractivity contribution in [3.8, 4) is 0 Å². The molecule has 4 heteroatoms. The Labute approximate surface area is 127 Å². The zero-order chi connectivity index (χ0) is 15.4. The largest absolute Gasteiger partial charge is 0.469 e. The first-order valence-corrected chi connectivity index (χ1v) is 7.66. The normalized spacial score (nSPS) is 19.1. The van der Waals surface area contributed by atoms with Gasteiger partial charge in [0.1, 0.15) is 0 Å². The third kappa shape index (κ3) is 3.76. The second-order valence-electron chi connectivity index (χ2n) is 5.91. The molecule has 0 N–H and O–H groups in total. The maximum Gasteiger partial charge on any atom is 0.309 e. The zero-order valence-electron chi connectivity index (χ0n) is 13.5. The summed E-state index contributed by atoms with van der Waals surface area (Å²) in [5.74, 6) is -0.205. The van der Waals surface area contributed by atoms with Crippen molar-refractivity contribution in [1.29, 1.82) is 0 Å². The molecule has 2 rings (SSSR count). The maximum atomic E-state index is 11.7. The summed E-state index contributed by atoms with van der Waals surface area (Å²) in [6.07, 6.45) is 0. The van der Waals surface area contributed by atoms with Gasteiger partial charge in [-0.2, -0.15) is 0 Å². The molecule has 1 saturated heterocycles. The molecule has 0 amide bonds. The van der Waals surface area contributed by atoms with Crippen LogP contribution in [0.3, 0.4) is 0 Å². The molecule has 1 aromatic carbocycles. The van der Waals surface area contributed by atoms with Crippen LogP contribution in [0.25, 0.3) is 0 Å². The third-order valence-corrected chi connectivity index (χ3v) is 4.55. The molecular formula is C17H26N2O2. The zero-order valence-corrected chi connectivity index (χ0v) is 13.5. The number of carbonyl (C=O) groups is 1. The number of piperazine rings is 1. The van der Waals surface area contributed by atoms with E-state index < -0.39 is 0 Å². The predicted octanol–water partition coefficient (Wildman–Crippen LogP) is 2.31. The average Bonchev–Trinajstić information content (AvgIpc) is 2.53. The Hall–Kier alpha value is -1.55. The van der Waals surface area contributed by atoms with Gasteiger partial charge in [-0.1, -0.05) is 19.1 Å². The first-order valence-electron chi connectivity index (χ1n) is 7.66. The minimum absolute atomic E-state index is 0.0829. The summed E-state index contributed by atoms with van der Waals surface area (Å²) >= 11 is 0. The van der Waals surface area contributed by atoms with E-state index in [4.69, 9.17) is 4.74 Å². The molecule has 21 heavy (non-hydrogen) atoms. The Kier molecular flexibility index (Phi) is 5.23. The van der Waals surface area contributed by atoms with Gasteiger partial charge < -0.3 is 9.64 Å². The molecule has 1 aliphatic rings. The fourth-order valence-electron chi connectivity index (χ4n) is 2.91. The fourth-order valence-corrected chi connectivity index (χ4v) is 2.91. The molecule has 1 heterocycles. The maximum absolute atomic E-state index is 11.7. The molecule has 0 aliphatic carbocycles. The van der Waals surface area contributed by atoms with Crippen LogP contribution in [-0.2, 0) is 9.53 Å². The van der Waals surface area contributed by atoms with Gasteiger partial charge in [0.2, 0.25) is 0 Å². The van der Waals surface area contributed by atoms with Gasteiger partial charge in [-0.3, -0.25) is 9.69 Å². The van der Waals surface area contributed by atoms with Gasteiger partial charge in [-0.05, 0) is 31.5 Å². The van der Waals surface area contributed by atoms with Gasteiger partial charge in [-0.15, -0.1) is 0 Å². The molecule has 0 spiro atoms. The Morgan fingerprint density at radius 1 is 1.19 bits per heavy atom. The third-order valence-electron chi connectivity index (χ3n) is 4.55. The van der Waals surface area contributed by atoms with Crippen LogP contribution in [0.1, 0.15) is 19.4 Å². The summed E-state index contributed by atoms with van der Waals surface area (Å²) in [5.41, 5.74) is 2.59. The van der Waals surface area contributed by atoms with Crippen molar-refractivity contribution < 1.29 is 9.53 Å². The van der Waals surface area contributed by atoms with Crippen LogP contribution in [0.5, 0.6) is 0 Å². The highest BCUT2D eigenvalue weighted by Crippen LogP contribution is 2.20. The molecule has 0 aromatic heterocycles. The van der Waals surface area contributed by atoms with Crippen LogP contribution in [0.15, 0.2) is 24.3 Å². The van der Waals surface area contributed by atoms with Crippen LogP contribution < -0.4 is 4.90 Å². The van der Waals surface area contributed by atoms with Crippen molar-refractivity contribution in [2.24, 2.45) is 5.92 Å². The number of ether oxygens (including phenoxy) is 1. The number of rotatable bonds is 4. The van der Waals surface area contributed by atoms with Gasteiger partial charge in [0.15, 0.2) is 0 Å². The lowest BCUT2D eigenvalue weighted by Crippen LogP contribution is -2.52. The molecule has 1 aromatic rings. The van der Waals surface area contributed by atoms with E-state index in [1.165, 1.54) is 18.4 Å². The van der Waals surface area contributed by atoms with Crippen molar-refractivity contribution in [2.75, 3.05) is 38.2 Å². The van der Waals surface area contributed by atoms with E-state index in [9.17, 15) is 4.79 Å². The first-order chi connectivity index (χ1) is 10.0. The first kappa shape index (κ1) is 15.8. The quantitative estimate of drug-likeness (QED) is 0.797. The van der Waals surface area contributed by atoms with Gasteiger partial charge in [0.05, 0.1) is 13.0 Å². The summed E-state index contributed by atoms with van der Waals surface area (Å²) in [4.78, 5) is 16.5. The number of carbonyl (C=O) groups excluding carboxylic acids is 1. The Balaban J connectivity index is 1.92. The topological polar surface area (TPSA) is 32.8 Å². The van der Waals surface area contributed by atoms with Crippen molar-refractivity contribution in [2.45, 2.75) is 26.8 Å². The molecule has 0 bridgehead atoms. The highest BCUT2D eigenvalue weighted by Gasteiger charge is 2.28. The monoisotopic (exact) mass is 290 g/mol. The van der Waals surface area contributed by atoms with Gasteiger partial charge in [0.25, 0.3) is 0 Å². The number of nitrogens with zero attached hydrogens (tertiary/aromatic N) is 2. The van der Waals surface area contributed by atoms with Crippen molar-refractivity contribution >= 4 is 11.7 Å². The minimum atomic E-state index is -0.122. The molecule has 2 atom stereocenters. The molecule has 0 saturated carbocycles. The van der Waals surface area contributed by atoms with Crippen LogP contribution in [-0.4, -0.2) is 50.2 Å². The standard InChI is InChI=1S/C17H26N2O2/c1-13-6-5-7-16(12-13)19-10-8-18(9-11-19)15(3)14(2)17(20)21-4/h5-7,12,14-15H,8-11H2,1-4H3. The molecule has 0 radical (unpaired) electrons. The van der Waals surface area contributed by atoms with Gasteiger partial charge >= 0.3 is 5.97 Å².